The van der Waals surface area contributed by atoms with Crippen LogP contribution in [0.1, 0.15) is 43.6 Å². The molecule has 9 nitrogen and oxygen atoms in total. The van der Waals surface area contributed by atoms with Crippen LogP contribution >= 0.6 is 0 Å². The van der Waals surface area contributed by atoms with E-state index in [9.17, 15) is 22.2 Å². The number of halogens is 1. The van der Waals surface area contributed by atoms with Gasteiger partial charge in [-0.25, -0.2) is 22.2 Å². The molecular formula is C39H45FN2O7S. The number of carbonyl (C=O) groups is 1. The third-order valence-electron chi connectivity index (χ3n) is 8.35. The summed E-state index contributed by atoms with van der Waals surface area (Å²) in [6.45, 7) is 13.5. The summed E-state index contributed by atoms with van der Waals surface area (Å²) in [6, 6.07) is 25.8. The zero-order chi connectivity index (χ0) is 36.3. The molecular weight excluding hydrogens is 660 g/mol. The molecule has 0 saturated heterocycles. The molecule has 1 heterocycles. The number of esters is 1. The van der Waals surface area contributed by atoms with E-state index in [4.69, 9.17) is 13.9 Å². The summed E-state index contributed by atoms with van der Waals surface area (Å²) >= 11 is 0. The van der Waals surface area contributed by atoms with Gasteiger partial charge >= 0.3 is 5.97 Å². The van der Waals surface area contributed by atoms with Gasteiger partial charge in [-0.3, -0.25) is 0 Å². The van der Waals surface area contributed by atoms with Crippen molar-refractivity contribution in [2.75, 3.05) is 57.6 Å². The van der Waals surface area contributed by atoms with Gasteiger partial charge in [0, 0.05) is 47.4 Å². The van der Waals surface area contributed by atoms with Crippen molar-refractivity contribution in [1.29, 1.82) is 0 Å². The monoisotopic (exact) mass is 704 g/mol. The van der Waals surface area contributed by atoms with Gasteiger partial charge in [0.2, 0.25) is 5.36 Å². The molecule has 0 unspecified atom stereocenters. The van der Waals surface area contributed by atoms with Gasteiger partial charge in [0.25, 0.3) is 0 Å². The number of benzene rings is 4. The number of anilines is 1. The van der Waals surface area contributed by atoms with Crippen LogP contribution in [0, 0.1) is 6.92 Å². The quantitative estimate of drug-likeness (QED) is 0.0428. The Morgan fingerprint density at radius 3 is 2.20 bits per heavy atom. The van der Waals surface area contributed by atoms with Gasteiger partial charge in [0.15, 0.2) is 0 Å². The molecule has 2 aliphatic rings. The largest absolute Gasteiger partial charge is 0.744 e. The molecule has 0 aromatic heterocycles. The van der Waals surface area contributed by atoms with Crippen LogP contribution < -0.4 is 14.8 Å². The van der Waals surface area contributed by atoms with E-state index in [1.807, 2.05) is 25.1 Å². The first-order valence-electron chi connectivity index (χ1n) is 16.8. The van der Waals surface area contributed by atoms with Crippen molar-refractivity contribution in [2.24, 2.45) is 0 Å². The van der Waals surface area contributed by atoms with Gasteiger partial charge in [-0.15, -0.1) is 0 Å². The average molecular weight is 705 g/mol. The highest BCUT2D eigenvalue weighted by Gasteiger charge is 2.23. The van der Waals surface area contributed by atoms with E-state index >= 15 is 0 Å². The highest BCUT2D eigenvalue weighted by atomic mass is 32.2. The van der Waals surface area contributed by atoms with Crippen LogP contribution in [0.25, 0.3) is 33.4 Å². The first-order chi connectivity index (χ1) is 24.1. The highest BCUT2D eigenvalue weighted by Crippen LogP contribution is 2.42. The third kappa shape index (κ3) is 9.35. The standard InChI is InChI=1S/C32H38FN2O4.C7H8O3S/c1-5-34(6-2)23-13-15-27-29(21-23)39-30-22-24(35(7-3)8-4)14-16-28(30)31(27)25-11-9-10-12-26(25)32(36)38-20-19-37-18-17-33;1-6-2-4-7(5-3-6)11(8,9)10/h9-16,21-22H,5-8,17-20H2,1-4H3;2-5H,1H3,(H,8,9,10)/q+1;/p-1. The number of hydrogen-bond acceptors (Lipinski definition) is 8. The lowest BCUT2D eigenvalue weighted by molar-refractivity contribution is 0.0300. The summed E-state index contributed by atoms with van der Waals surface area (Å²) in [5.74, 6) is 0.303. The summed E-state index contributed by atoms with van der Waals surface area (Å²) in [6.07, 6.45) is 0. The molecule has 11 heteroatoms. The molecule has 0 amide bonds. The molecule has 5 rings (SSSR count). The molecule has 0 spiro atoms. The topological polar surface area (TPSA) is 112 Å². The minimum Gasteiger partial charge on any atom is -0.744 e. The smallest absolute Gasteiger partial charge is 0.338 e. The van der Waals surface area contributed by atoms with Crippen LogP contribution in [0.3, 0.4) is 0 Å². The predicted octanol–water partition coefficient (Wildman–Crippen LogP) is 6.90. The normalized spacial score (nSPS) is 11.3. The number of nitrogens with zero attached hydrogens (tertiary/aromatic N) is 2. The Hall–Kier alpha value is -4.58. The first-order valence-corrected chi connectivity index (χ1v) is 18.2. The van der Waals surface area contributed by atoms with Crippen LogP contribution in [0.4, 0.5) is 10.1 Å². The Bertz CT molecular complexity index is 2030. The Morgan fingerprint density at radius 2 is 1.56 bits per heavy atom. The van der Waals surface area contributed by atoms with Crippen molar-refractivity contribution in [3.63, 3.8) is 0 Å². The summed E-state index contributed by atoms with van der Waals surface area (Å²) in [7, 11) is -4.27. The van der Waals surface area contributed by atoms with Crippen molar-refractivity contribution in [3.05, 3.63) is 101 Å². The maximum atomic E-state index is 13.2. The molecule has 3 aromatic carbocycles. The predicted molar refractivity (Wildman–Crippen MR) is 194 cm³/mol. The second kappa shape index (κ2) is 17.9. The lowest BCUT2D eigenvalue weighted by Gasteiger charge is -2.22. The number of ether oxygens (including phenoxy) is 2. The number of aryl methyl sites for hydroxylation is 1. The molecule has 0 radical (unpaired) electrons. The summed E-state index contributed by atoms with van der Waals surface area (Å²) in [5, 5.41) is 2.00. The first kappa shape index (κ1) is 38.2. The Morgan fingerprint density at radius 1 is 0.860 bits per heavy atom. The number of alkyl halides is 1. The lowest BCUT2D eigenvalue weighted by atomic mass is 9.90. The Balaban J connectivity index is 0.000000435. The summed E-state index contributed by atoms with van der Waals surface area (Å²) in [4.78, 5) is 15.3. The van der Waals surface area contributed by atoms with E-state index in [1.165, 1.54) is 12.1 Å². The Kier molecular flexibility index (Phi) is 13.7. The fourth-order valence-corrected chi connectivity index (χ4v) is 6.21. The number of carbonyl (C=O) groups excluding carboxylic acids is 1. The van der Waals surface area contributed by atoms with Crippen LogP contribution in [-0.2, 0) is 19.6 Å². The average Bonchev–Trinajstić information content (AvgIpc) is 3.11. The van der Waals surface area contributed by atoms with Crippen molar-refractivity contribution in [2.45, 2.75) is 39.5 Å². The zero-order valence-electron chi connectivity index (χ0n) is 29.3. The van der Waals surface area contributed by atoms with Crippen LogP contribution in [0.5, 0.6) is 0 Å². The molecule has 1 aliphatic heterocycles. The molecule has 0 N–H and O–H groups in total. The number of fused-ring (bicyclic) bond motifs is 2. The number of hydrogen-bond donors (Lipinski definition) is 0. The minimum absolute atomic E-state index is 0.00934. The van der Waals surface area contributed by atoms with E-state index < -0.39 is 22.8 Å². The molecule has 266 valence electrons. The molecule has 0 fully saturated rings. The second-order valence-electron chi connectivity index (χ2n) is 11.4. The zero-order valence-corrected chi connectivity index (χ0v) is 30.1. The van der Waals surface area contributed by atoms with Crippen molar-refractivity contribution in [1.82, 2.24) is 4.58 Å². The van der Waals surface area contributed by atoms with Gasteiger partial charge in [0.1, 0.15) is 47.8 Å². The molecule has 1 aliphatic carbocycles. The van der Waals surface area contributed by atoms with Crippen LogP contribution in [-0.4, -0.2) is 71.6 Å². The van der Waals surface area contributed by atoms with Crippen molar-refractivity contribution >= 4 is 32.7 Å². The third-order valence-corrected chi connectivity index (χ3v) is 9.20. The molecule has 3 aromatic rings. The molecule has 50 heavy (non-hydrogen) atoms. The van der Waals surface area contributed by atoms with E-state index in [1.54, 1.807) is 18.2 Å². The van der Waals surface area contributed by atoms with Crippen LogP contribution in [0.15, 0.2) is 94.2 Å². The van der Waals surface area contributed by atoms with Gasteiger partial charge < -0.3 is 23.3 Å². The van der Waals surface area contributed by atoms with Gasteiger partial charge in [-0.1, -0.05) is 35.9 Å². The highest BCUT2D eigenvalue weighted by molar-refractivity contribution is 7.85. The summed E-state index contributed by atoms with van der Waals surface area (Å²) < 4.78 is 62.9. The maximum absolute atomic E-state index is 13.2. The maximum Gasteiger partial charge on any atom is 0.338 e. The van der Waals surface area contributed by atoms with E-state index in [2.05, 4.69) is 73.6 Å². The fraction of sp³-hybridized carbons (Fsp3) is 0.333. The Labute approximate surface area is 293 Å². The van der Waals surface area contributed by atoms with Crippen molar-refractivity contribution in [3.8, 4) is 22.5 Å². The summed E-state index contributed by atoms with van der Waals surface area (Å²) in [5.41, 5.74) is 5.83. The molecule has 0 saturated carbocycles. The van der Waals surface area contributed by atoms with E-state index in [0.717, 1.165) is 76.2 Å². The SMILES string of the molecule is CCN(CC)c1ccc2c(-c3ccccc3C(=O)OCCOCCF)c3ccc(=[N+](CC)CC)cc-3oc2c1.Cc1ccc(S(=O)(=O)[O-])cc1. The lowest BCUT2D eigenvalue weighted by Crippen LogP contribution is -2.29. The van der Waals surface area contributed by atoms with Gasteiger partial charge in [-0.05, 0) is 76.6 Å². The number of rotatable bonds is 13. The second-order valence-corrected chi connectivity index (χ2v) is 12.8. The molecule has 0 atom stereocenters. The van der Waals surface area contributed by atoms with Crippen molar-refractivity contribution < 1.29 is 36.0 Å². The minimum atomic E-state index is -4.27. The van der Waals surface area contributed by atoms with E-state index in [0.29, 0.717) is 5.56 Å². The van der Waals surface area contributed by atoms with E-state index in [-0.39, 0.29) is 24.7 Å². The van der Waals surface area contributed by atoms with Crippen LogP contribution in [0.2, 0.25) is 0 Å². The van der Waals surface area contributed by atoms with Gasteiger partial charge in [0.05, 0.1) is 29.7 Å². The van der Waals surface area contributed by atoms with Gasteiger partial charge in [-0.2, -0.15) is 0 Å². The fourth-order valence-electron chi connectivity index (χ4n) is 5.74. The molecule has 0 bridgehead atoms.